The third-order valence-corrected chi connectivity index (χ3v) is 7.07. The number of para-hydroxylation sites is 1. The monoisotopic (exact) mass is 462 g/mol. The molecule has 1 atom stereocenters. The Balaban J connectivity index is 1.28. The van der Waals surface area contributed by atoms with Gasteiger partial charge in [-0.15, -0.1) is 11.3 Å². The van der Waals surface area contributed by atoms with Gasteiger partial charge in [0.1, 0.15) is 18.1 Å². The molecule has 0 unspecified atom stereocenters. The van der Waals surface area contributed by atoms with Crippen molar-refractivity contribution in [1.29, 1.82) is 0 Å². The molecule has 1 aromatic heterocycles. The predicted molar refractivity (Wildman–Crippen MR) is 129 cm³/mol. The van der Waals surface area contributed by atoms with Gasteiger partial charge >= 0.3 is 0 Å². The zero-order valence-electron chi connectivity index (χ0n) is 18.7. The standard InChI is InChI=1S/C25H26N4O3S/c1-15-5-3-6-17(13-15)23-22(28-16(2)33-23)25(31)29-11-9-18(29)14-27-24(30)19-7-4-8-20-21(19)26-10-12-32-20/h3-8,13,18,26H,9-12,14H2,1-2H3,(H,27,30)/t18-/m0/s1. The molecule has 2 N–H and O–H groups in total. The van der Waals surface area contributed by atoms with E-state index in [0.29, 0.717) is 43.2 Å². The fourth-order valence-electron chi connectivity index (χ4n) is 4.28. The normalized spacial score (nSPS) is 16.8. The number of hydrogen-bond donors (Lipinski definition) is 2. The highest BCUT2D eigenvalue weighted by Gasteiger charge is 2.35. The minimum atomic E-state index is -0.172. The van der Waals surface area contributed by atoms with Crippen molar-refractivity contribution < 1.29 is 14.3 Å². The number of amides is 2. The van der Waals surface area contributed by atoms with E-state index >= 15 is 0 Å². The Bertz CT molecular complexity index is 1220. The predicted octanol–water partition coefficient (Wildman–Crippen LogP) is 3.88. The molecule has 8 heteroatoms. The van der Waals surface area contributed by atoms with Gasteiger partial charge < -0.3 is 20.3 Å². The lowest BCUT2D eigenvalue weighted by Crippen LogP contribution is -2.56. The van der Waals surface area contributed by atoms with Crippen LogP contribution in [-0.2, 0) is 0 Å². The molecule has 0 aliphatic carbocycles. The Hall–Kier alpha value is -3.39. The highest BCUT2D eigenvalue weighted by atomic mass is 32.1. The van der Waals surface area contributed by atoms with E-state index < -0.39 is 0 Å². The molecule has 2 aromatic carbocycles. The molecule has 7 nitrogen and oxygen atoms in total. The van der Waals surface area contributed by atoms with E-state index in [1.54, 1.807) is 6.07 Å². The summed E-state index contributed by atoms with van der Waals surface area (Å²) in [5.41, 5.74) is 3.93. The summed E-state index contributed by atoms with van der Waals surface area (Å²) < 4.78 is 5.63. The summed E-state index contributed by atoms with van der Waals surface area (Å²) in [4.78, 5) is 33.5. The van der Waals surface area contributed by atoms with Gasteiger partial charge in [0.25, 0.3) is 11.8 Å². The van der Waals surface area contributed by atoms with Crippen molar-refractivity contribution >= 4 is 28.8 Å². The minimum Gasteiger partial charge on any atom is -0.490 e. The zero-order chi connectivity index (χ0) is 22.9. The van der Waals surface area contributed by atoms with Crippen molar-refractivity contribution in [1.82, 2.24) is 15.2 Å². The van der Waals surface area contributed by atoms with Crippen molar-refractivity contribution in [3.8, 4) is 16.2 Å². The number of rotatable bonds is 5. The minimum absolute atomic E-state index is 0.0439. The highest BCUT2D eigenvalue weighted by Crippen LogP contribution is 2.34. The van der Waals surface area contributed by atoms with E-state index in [0.717, 1.165) is 33.1 Å². The number of anilines is 1. The van der Waals surface area contributed by atoms with Gasteiger partial charge in [0.15, 0.2) is 0 Å². The second kappa shape index (κ2) is 8.86. The van der Waals surface area contributed by atoms with Crippen LogP contribution in [0, 0.1) is 13.8 Å². The smallest absolute Gasteiger partial charge is 0.274 e. The first-order valence-electron chi connectivity index (χ1n) is 11.1. The molecular weight excluding hydrogens is 436 g/mol. The first kappa shape index (κ1) is 21.5. The number of nitrogens with one attached hydrogen (secondary N) is 2. The largest absolute Gasteiger partial charge is 0.490 e. The summed E-state index contributed by atoms with van der Waals surface area (Å²) in [5.74, 6) is 0.444. The van der Waals surface area contributed by atoms with Crippen LogP contribution in [0.15, 0.2) is 42.5 Å². The number of carbonyl (C=O) groups is 2. The number of thiazole rings is 1. The number of aryl methyl sites for hydroxylation is 2. The lowest BCUT2D eigenvalue weighted by molar-refractivity contribution is 0.0451. The molecule has 33 heavy (non-hydrogen) atoms. The van der Waals surface area contributed by atoms with Gasteiger partial charge in [-0.2, -0.15) is 0 Å². The average molecular weight is 463 g/mol. The summed E-state index contributed by atoms with van der Waals surface area (Å²) in [6.07, 6.45) is 0.850. The number of likely N-dealkylation sites (tertiary alicyclic amines) is 1. The van der Waals surface area contributed by atoms with Crippen LogP contribution in [0.5, 0.6) is 5.75 Å². The molecule has 2 amide bonds. The fraction of sp³-hybridized carbons (Fsp3) is 0.320. The number of carbonyl (C=O) groups excluding carboxylic acids is 2. The van der Waals surface area contributed by atoms with Gasteiger partial charge in [-0.3, -0.25) is 9.59 Å². The van der Waals surface area contributed by atoms with Gasteiger partial charge in [-0.05, 0) is 38.0 Å². The van der Waals surface area contributed by atoms with Crippen molar-refractivity contribution in [3.05, 3.63) is 64.3 Å². The van der Waals surface area contributed by atoms with Crippen LogP contribution < -0.4 is 15.4 Å². The van der Waals surface area contributed by atoms with Crippen LogP contribution in [0.25, 0.3) is 10.4 Å². The molecule has 1 saturated heterocycles. The first-order valence-corrected chi connectivity index (χ1v) is 12.0. The highest BCUT2D eigenvalue weighted by molar-refractivity contribution is 7.15. The van der Waals surface area contributed by atoms with Crippen molar-refractivity contribution in [2.24, 2.45) is 0 Å². The maximum Gasteiger partial charge on any atom is 0.274 e. The molecule has 1 fully saturated rings. The van der Waals surface area contributed by atoms with Gasteiger partial charge in [0.2, 0.25) is 0 Å². The summed E-state index contributed by atoms with van der Waals surface area (Å²) in [5, 5.41) is 7.11. The summed E-state index contributed by atoms with van der Waals surface area (Å²) in [6.45, 7) is 6.28. The Morgan fingerprint density at radius 2 is 2.09 bits per heavy atom. The fourth-order valence-corrected chi connectivity index (χ4v) is 5.18. The molecule has 0 radical (unpaired) electrons. The Labute approximate surface area is 196 Å². The molecule has 2 aliphatic heterocycles. The van der Waals surface area contributed by atoms with E-state index in [1.165, 1.54) is 11.3 Å². The van der Waals surface area contributed by atoms with E-state index in [1.807, 2.05) is 49.1 Å². The lowest BCUT2D eigenvalue weighted by atomic mass is 10.0. The summed E-state index contributed by atoms with van der Waals surface area (Å²) >= 11 is 1.54. The molecule has 3 heterocycles. The maximum absolute atomic E-state index is 13.4. The molecule has 0 spiro atoms. The van der Waals surface area contributed by atoms with Gasteiger partial charge in [-0.1, -0.05) is 35.9 Å². The number of aromatic nitrogens is 1. The number of hydrogen-bond acceptors (Lipinski definition) is 6. The first-order chi connectivity index (χ1) is 16.0. The Kier molecular flexibility index (Phi) is 5.76. The van der Waals surface area contributed by atoms with Crippen LogP contribution in [0.1, 0.15) is 37.8 Å². The van der Waals surface area contributed by atoms with Crippen LogP contribution in [-0.4, -0.2) is 54.0 Å². The van der Waals surface area contributed by atoms with Crippen molar-refractivity contribution in [3.63, 3.8) is 0 Å². The molecule has 170 valence electrons. The third-order valence-electron chi connectivity index (χ3n) is 6.05. The maximum atomic E-state index is 13.4. The molecule has 3 aromatic rings. The van der Waals surface area contributed by atoms with Crippen LogP contribution in [0.4, 0.5) is 5.69 Å². The zero-order valence-corrected chi connectivity index (χ0v) is 19.5. The molecule has 0 saturated carbocycles. The number of nitrogens with zero attached hydrogens (tertiary/aromatic N) is 2. The Morgan fingerprint density at radius 3 is 2.88 bits per heavy atom. The van der Waals surface area contributed by atoms with Gasteiger partial charge in [0.05, 0.1) is 27.2 Å². The molecule has 5 rings (SSSR count). The summed E-state index contributed by atoms with van der Waals surface area (Å²) in [6, 6.07) is 13.5. The number of fused-ring (bicyclic) bond motifs is 1. The van der Waals surface area contributed by atoms with E-state index in [9.17, 15) is 9.59 Å². The number of ether oxygens (including phenoxy) is 1. The van der Waals surface area contributed by atoms with Gasteiger partial charge in [0, 0.05) is 19.6 Å². The topological polar surface area (TPSA) is 83.6 Å². The van der Waals surface area contributed by atoms with E-state index in [2.05, 4.69) is 21.7 Å². The Morgan fingerprint density at radius 1 is 1.24 bits per heavy atom. The van der Waals surface area contributed by atoms with Crippen molar-refractivity contribution in [2.75, 3.05) is 31.6 Å². The molecule has 2 aliphatic rings. The average Bonchev–Trinajstić information content (AvgIpc) is 3.20. The molecule has 0 bridgehead atoms. The van der Waals surface area contributed by atoms with Gasteiger partial charge in [-0.25, -0.2) is 4.98 Å². The lowest BCUT2D eigenvalue weighted by Gasteiger charge is -2.40. The van der Waals surface area contributed by atoms with Crippen LogP contribution in [0.2, 0.25) is 0 Å². The second-order valence-electron chi connectivity index (χ2n) is 8.39. The van der Waals surface area contributed by atoms with E-state index in [4.69, 9.17) is 4.74 Å². The van der Waals surface area contributed by atoms with E-state index in [-0.39, 0.29) is 17.9 Å². The quantitative estimate of drug-likeness (QED) is 0.601. The molecular formula is C25H26N4O3S. The third kappa shape index (κ3) is 4.18. The number of benzene rings is 2. The van der Waals surface area contributed by atoms with Crippen molar-refractivity contribution in [2.45, 2.75) is 26.3 Å². The van der Waals surface area contributed by atoms with Crippen LogP contribution in [0.3, 0.4) is 0 Å². The SMILES string of the molecule is Cc1cccc(-c2sc(C)nc2C(=O)N2CC[C@H]2CNC(=O)c2cccc3c2NCCO3)c1. The second-order valence-corrected chi connectivity index (χ2v) is 9.59. The summed E-state index contributed by atoms with van der Waals surface area (Å²) in [7, 11) is 0. The van der Waals surface area contributed by atoms with Crippen LogP contribution >= 0.6 is 11.3 Å².